The van der Waals surface area contributed by atoms with E-state index < -0.39 is 0 Å². The summed E-state index contributed by atoms with van der Waals surface area (Å²) in [5, 5.41) is 0. The van der Waals surface area contributed by atoms with E-state index in [4.69, 9.17) is 5.73 Å². The number of nitrogens with zero attached hydrogens (tertiary/aromatic N) is 2. The van der Waals surface area contributed by atoms with Crippen molar-refractivity contribution in [1.82, 2.24) is 9.80 Å². The number of benzene rings is 1. The molecular formula is C15H23N3O. The van der Waals surface area contributed by atoms with E-state index in [0.29, 0.717) is 12.6 Å². The highest BCUT2D eigenvalue weighted by Gasteiger charge is 2.36. The van der Waals surface area contributed by atoms with Gasteiger partial charge in [0.2, 0.25) is 5.91 Å². The first kappa shape index (κ1) is 14.0. The third kappa shape index (κ3) is 3.14. The van der Waals surface area contributed by atoms with Gasteiger partial charge in [0, 0.05) is 26.2 Å². The third-order valence-electron chi connectivity index (χ3n) is 3.81. The molecule has 1 aliphatic rings. The molecule has 4 nitrogen and oxygen atoms in total. The second-order valence-electron chi connectivity index (χ2n) is 5.32. The van der Waals surface area contributed by atoms with Gasteiger partial charge in [-0.25, -0.2) is 0 Å². The average Bonchev–Trinajstić information content (AvgIpc) is 2.41. The predicted octanol–water partition coefficient (Wildman–Crippen LogP) is 1.07. The molecule has 0 saturated carbocycles. The lowest BCUT2D eigenvalue weighted by atomic mass is 10.0. The van der Waals surface area contributed by atoms with Crippen LogP contribution in [0.1, 0.15) is 18.9 Å². The summed E-state index contributed by atoms with van der Waals surface area (Å²) in [7, 11) is 1.88. The quantitative estimate of drug-likeness (QED) is 0.882. The molecule has 2 unspecified atom stereocenters. The highest BCUT2D eigenvalue weighted by atomic mass is 16.2. The molecule has 2 N–H and O–H groups in total. The third-order valence-corrected chi connectivity index (χ3v) is 3.81. The van der Waals surface area contributed by atoms with Crippen molar-refractivity contribution in [2.24, 2.45) is 5.73 Å². The fraction of sp³-hybridized carbons (Fsp3) is 0.533. The Labute approximate surface area is 115 Å². The number of carbonyl (C=O) groups excluding carboxylic acids is 1. The Balaban J connectivity index is 2.17. The van der Waals surface area contributed by atoms with Crippen LogP contribution in [0, 0.1) is 0 Å². The van der Waals surface area contributed by atoms with Crippen LogP contribution >= 0.6 is 0 Å². The van der Waals surface area contributed by atoms with Gasteiger partial charge >= 0.3 is 0 Å². The van der Waals surface area contributed by atoms with Crippen LogP contribution in [0.5, 0.6) is 0 Å². The van der Waals surface area contributed by atoms with Gasteiger partial charge in [-0.05, 0) is 25.5 Å². The van der Waals surface area contributed by atoms with E-state index in [2.05, 4.69) is 24.0 Å². The van der Waals surface area contributed by atoms with E-state index in [-0.39, 0.29) is 11.9 Å². The minimum atomic E-state index is -0.0843. The summed E-state index contributed by atoms with van der Waals surface area (Å²) in [5.74, 6) is 0.194. The Morgan fingerprint density at radius 1 is 1.32 bits per heavy atom. The van der Waals surface area contributed by atoms with Crippen molar-refractivity contribution < 1.29 is 4.79 Å². The maximum atomic E-state index is 12.3. The number of likely N-dealkylation sites (N-methyl/N-ethyl adjacent to an activating group) is 1. The fourth-order valence-electron chi connectivity index (χ4n) is 2.80. The standard InChI is InChI=1S/C15H23N3O/c1-12-10-17(2)15(19)14(8-9-16)18(12)11-13-6-4-3-5-7-13/h3-7,12,14H,8-11,16H2,1-2H3. The zero-order valence-electron chi connectivity index (χ0n) is 11.7. The first-order valence-electron chi connectivity index (χ1n) is 6.88. The molecular weight excluding hydrogens is 238 g/mol. The molecule has 1 aromatic carbocycles. The van der Waals surface area contributed by atoms with Crippen LogP contribution < -0.4 is 5.73 Å². The normalized spacial score (nSPS) is 24.8. The topological polar surface area (TPSA) is 49.6 Å². The summed E-state index contributed by atoms with van der Waals surface area (Å²) in [6, 6.07) is 10.6. The SMILES string of the molecule is CC1CN(C)C(=O)C(CCN)N1Cc1ccccc1. The highest BCUT2D eigenvalue weighted by Crippen LogP contribution is 2.21. The van der Waals surface area contributed by atoms with E-state index in [0.717, 1.165) is 19.5 Å². The smallest absolute Gasteiger partial charge is 0.239 e. The van der Waals surface area contributed by atoms with Gasteiger partial charge in [-0.3, -0.25) is 9.69 Å². The summed E-state index contributed by atoms with van der Waals surface area (Å²) in [6.07, 6.45) is 0.723. The molecule has 0 bridgehead atoms. The molecule has 1 aliphatic heterocycles. The van der Waals surface area contributed by atoms with Gasteiger partial charge in [0.05, 0.1) is 6.04 Å². The number of carbonyl (C=O) groups is 1. The predicted molar refractivity (Wildman–Crippen MR) is 76.5 cm³/mol. The first-order chi connectivity index (χ1) is 9.13. The van der Waals surface area contributed by atoms with E-state index in [1.165, 1.54) is 5.56 Å². The Kier molecular flexibility index (Phi) is 4.56. The van der Waals surface area contributed by atoms with Crippen LogP contribution in [0.4, 0.5) is 0 Å². The van der Waals surface area contributed by atoms with Crippen molar-refractivity contribution in [1.29, 1.82) is 0 Å². The van der Waals surface area contributed by atoms with E-state index in [1.54, 1.807) is 0 Å². The lowest BCUT2D eigenvalue weighted by Crippen LogP contribution is -2.59. The molecule has 0 aliphatic carbocycles. The lowest BCUT2D eigenvalue weighted by Gasteiger charge is -2.43. The highest BCUT2D eigenvalue weighted by molar-refractivity contribution is 5.82. The summed E-state index contributed by atoms with van der Waals surface area (Å²) >= 11 is 0. The van der Waals surface area contributed by atoms with Crippen LogP contribution in [0.15, 0.2) is 30.3 Å². The molecule has 4 heteroatoms. The van der Waals surface area contributed by atoms with E-state index in [1.807, 2.05) is 30.1 Å². The van der Waals surface area contributed by atoms with Gasteiger partial charge in [0.1, 0.15) is 0 Å². The molecule has 0 radical (unpaired) electrons. The second kappa shape index (κ2) is 6.17. The minimum Gasteiger partial charge on any atom is -0.343 e. The summed E-state index contributed by atoms with van der Waals surface area (Å²) in [4.78, 5) is 16.4. The van der Waals surface area contributed by atoms with Crippen molar-refractivity contribution in [2.75, 3.05) is 20.1 Å². The summed E-state index contributed by atoms with van der Waals surface area (Å²) in [5.41, 5.74) is 6.91. The monoisotopic (exact) mass is 261 g/mol. The molecule has 1 amide bonds. The van der Waals surface area contributed by atoms with Gasteiger partial charge in [-0.2, -0.15) is 0 Å². The van der Waals surface area contributed by atoms with Crippen LogP contribution in [-0.4, -0.2) is 47.9 Å². The Morgan fingerprint density at radius 3 is 2.63 bits per heavy atom. The van der Waals surface area contributed by atoms with E-state index in [9.17, 15) is 4.79 Å². The zero-order valence-corrected chi connectivity index (χ0v) is 11.7. The number of amides is 1. The largest absolute Gasteiger partial charge is 0.343 e. The molecule has 104 valence electrons. The van der Waals surface area contributed by atoms with Crippen molar-refractivity contribution in [3.63, 3.8) is 0 Å². The summed E-state index contributed by atoms with van der Waals surface area (Å²) in [6.45, 7) is 4.32. The minimum absolute atomic E-state index is 0.0843. The fourth-order valence-corrected chi connectivity index (χ4v) is 2.80. The summed E-state index contributed by atoms with van der Waals surface area (Å²) < 4.78 is 0. The average molecular weight is 261 g/mol. The number of nitrogens with two attached hydrogens (primary N) is 1. The maximum absolute atomic E-state index is 12.3. The Morgan fingerprint density at radius 2 is 2.00 bits per heavy atom. The molecule has 19 heavy (non-hydrogen) atoms. The Bertz CT molecular complexity index is 421. The van der Waals surface area contributed by atoms with Crippen LogP contribution in [0.2, 0.25) is 0 Å². The van der Waals surface area contributed by atoms with Gasteiger partial charge in [-0.15, -0.1) is 0 Å². The van der Waals surface area contributed by atoms with Crippen LogP contribution in [-0.2, 0) is 11.3 Å². The molecule has 2 atom stereocenters. The number of piperazine rings is 1. The zero-order chi connectivity index (χ0) is 13.8. The van der Waals surface area contributed by atoms with Gasteiger partial charge in [-0.1, -0.05) is 30.3 Å². The van der Waals surface area contributed by atoms with Crippen molar-refractivity contribution in [2.45, 2.75) is 32.0 Å². The van der Waals surface area contributed by atoms with Gasteiger partial charge in [0.25, 0.3) is 0 Å². The maximum Gasteiger partial charge on any atom is 0.239 e. The van der Waals surface area contributed by atoms with Crippen LogP contribution in [0.25, 0.3) is 0 Å². The van der Waals surface area contributed by atoms with Gasteiger partial charge in [0.15, 0.2) is 0 Å². The molecule has 0 aromatic heterocycles. The molecule has 1 saturated heterocycles. The van der Waals surface area contributed by atoms with E-state index >= 15 is 0 Å². The first-order valence-corrected chi connectivity index (χ1v) is 6.88. The molecule has 1 heterocycles. The molecule has 0 spiro atoms. The van der Waals surface area contributed by atoms with Crippen LogP contribution in [0.3, 0.4) is 0 Å². The molecule has 1 fully saturated rings. The number of rotatable bonds is 4. The lowest BCUT2D eigenvalue weighted by molar-refractivity contribution is -0.143. The number of hydrogen-bond acceptors (Lipinski definition) is 3. The van der Waals surface area contributed by atoms with Crippen molar-refractivity contribution in [3.8, 4) is 0 Å². The van der Waals surface area contributed by atoms with Crippen molar-refractivity contribution in [3.05, 3.63) is 35.9 Å². The molecule has 1 aromatic rings. The van der Waals surface area contributed by atoms with Gasteiger partial charge < -0.3 is 10.6 Å². The second-order valence-corrected chi connectivity index (χ2v) is 5.32. The Hall–Kier alpha value is -1.39. The number of hydrogen-bond donors (Lipinski definition) is 1. The molecule has 2 rings (SSSR count). The van der Waals surface area contributed by atoms with Crippen molar-refractivity contribution >= 4 is 5.91 Å².